The lowest BCUT2D eigenvalue weighted by molar-refractivity contribution is 0.0391. The number of benzene rings is 3. The molecule has 5 nitrogen and oxygen atoms in total. The van der Waals surface area contributed by atoms with Crippen LogP contribution in [0, 0.1) is 0 Å². The van der Waals surface area contributed by atoms with Crippen LogP contribution in [0.25, 0.3) is 21.0 Å². The first-order chi connectivity index (χ1) is 15.2. The highest BCUT2D eigenvalue weighted by atomic mass is 35.5. The van der Waals surface area contributed by atoms with Gasteiger partial charge in [0.2, 0.25) is 0 Å². The summed E-state index contributed by atoms with van der Waals surface area (Å²) in [6, 6.07) is 19.5. The van der Waals surface area contributed by atoms with Gasteiger partial charge in [0, 0.05) is 36.8 Å². The zero-order valence-electron chi connectivity index (χ0n) is 17.4. The summed E-state index contributed by atoms with van der Waals surface area (Å²) < 4.78 is 6.44. The van der Waals surface area contributed by atoms with Gasteiger partial charge in [0.25, 0.3) is 5.91 Å². The molecular weight excluding hydrogens is 465 g/mol. The van der Waals surface area contributed by atoms with Gasteiger partial charge in [-0.1, -0.05) is 59.3 Å². The Morgan fingerprint density at radius 3 is 2.72 bits per heavy atom. The van der Waals surface area contributed by atoms with E-state index in [-0.39, 0.29) is 18.3 Å². The quantitative estimate of drug-likeness (QED) is 0.372. The number of aromatic nitrogens is 1. The molecule has 5 rings (SSSR count). The van der Waals surface area contributed by atoms with E-state index in [1.165, 1.54) is 11.3 Å². The van der Waals surface area contributed by atoms with Gasteiger partial charge < -0.3 is 4.74 Å². The van der Waals surface area contributed by atoms with Crippen molar-refractivity contribution in [3.05, 3.63) is 71.2 Å². The molecule has 0 bridgehead atoms. The van der Waals surface area contributed by atoms with E-state index in [4.69, 9.17) is 21.3 Å². The fourth-order valence-electron chi connectivity index (χ4n) is 3.91. The summed E-state index contributed by atoms with van der Waals surface area (Å²) in [6.45, 7) is 4.57. The average Bonchev–Trinajstić information content (AvgIpc) is 3.22. The Kier molecular flexibility index (Phi) is 7.28. The Hall–Kier alpha value is -2.22. The van der Waals surface area contributed by atoms with Gasteiger partial charge in [0.1, 0.15) is 0 Å². The molecule has 0 spiro atoms. The predicted octanol–water partition coefficient (Wildman–Crippen LogP) is 5.50. The summed E-state index contributed by atoms with van der Waals surface area (Å²) in [6.07, 6.45) is 0. The third-order valence-electron chi connectivity index (χ3n) is 5.58. The third-order valence-corrected chi connectivity index (χ3v) is 6.86. The fraction of sp³-hybridized carbons (Fsp3) is 0.250. The van der Waals surface area contributed by atoms with E-state index in [0.717, 1.165) is 53.8 Å². The normalized spacial score (nSPS) is 14.4. The van der Waals surface area contributed by atoms with E-state index < -0.39 is 0 Å². The maximum atomic E-state index is 13.8. The standard InChI is InChI=1S/C24H22ClN3O2S.ClH/c25-18-8-9-21-22(16-18)31-24(26-21)28(11-10-27-12-14-30-15-13-27)23(29)20-7-3-5-17-4-1-2-6-19(17)20;/h1-9,16H,10-15H2;1H. The highest BCUT2D eigenvalue weighted by Gasteiger charge is 2.24. The van der Waals surface area contributed by atoms with Crippen molar-refractivity contribution in [3.63, 3.8) is 0 Å². The molecule has 0 N–H and O–H groups in total. The molecule has 166 valence electrons. The zero-order chi connectivity index (χ0) is 21.2. The highest BCUT2D eigenvalue weighted by Crippen LogP contribution is 2.32. The van der Waals surface area contributed by atoms with Crippen LogP contribution in [-0.4, -0.2) is 55.2 Å². The number of thiazole rings is 1. The van der Waals surface area contributed by atoms with Crippen LogP contribution in [0.2, 0.25) is 5.02 Å². The Morgan fingerprint density at radius 2 is 1.88 bits per heavy atom. The molecule has 8 heteroatoms. The Morgan fingerprint density at radius 1 is 1.09 bits per heavy atom. The topological polar surface area (TPSA) is 45.7 Å². The Bertz CT molecular complexity index is 1240. The van der Waals surface area contributed by atoms with Crippen LogP contribution in [0.5, 0.6) is 0 Å². The lowest BCUT2D eigenvalue weighted by Gasteiger charge is -2.29. The SMILES string of the molecule is Cl.O=C(c1cccc2ccccc12)N(CCN1CCOCC1)c1nc2ccc(Cl)cc2s1. The number of fused-ring (bicyclic) bond motifs is 2. The van der Waals surface area contributed by atoms with Crippen LogP contribution in [0.4, 0.5) is 5.13 Å². The Labute approximate surface area is 202 Å². The Balaban J connectivity index is 0.00000245. The molecule has 1 aliphatic heterocycles. The second kappa shape index (κ2) is 10.1. The van der Waals surface area contributed by atoms with Crippen LogP contribution < -0.4 is 4.90 Å². The number of morpholine rings is 1. The largest absolute Gasteiger partial charge is 0.379 e. The molecule has 1 amide bonds. The molecule has 2 heterocycles. The molecule has 1 aromatic heterocycles. The molecule has 0 radical (unpaired) electrons. The van der Waals surface area contributed by atoms with E-state index >= 15 is 0 Å². The minimum absolute atomic E-state index is 0. The van der Waals surface area contributed by atoms with Crippen molar-refractivity contribution in [3.8, 4) is 0 Å². The highest BCUT2D eigenvalue weighted by molar-refractivity contribution is 7.22. The molecule has 0 unspecified atom stereocenters. The molecule has 1 aliphatic rings. The van der Waals surface area contributed by atoms with Crippen molar-refractivity contribution in [1.82, 2.24) is 9.88 Å². The van der Waals surface area contributed by atoms with Gasteiger partial charge >= 0.3 is 0 Å². The average molecular weight is 488 g/mol. The second-order valence-electron chi connectivity index (χ2n) is 7.55. The zero-order valence-corrected chi connectivity index (χ0v) is 19.8. The van der Waals surface area contributed by atoms with Crippen molar-refractivity contribution in [1.29, 1.82) is 0 Å². The van der Waals surface area contributed by atoms with Crippen LogP contribution in [0.1, 0.15) is 10.4 Å². The van der Waals surface area contributed by atoms with Crippen LogP contribution in [0.15, 0.2) is 60.7 Å². The minimum atomic E-state index is -0.0322. The van der Waals surface area contributed by atoms with Gasteiger partial charge in [-0.15, -0.1) is 12.4 Å². The van der Waals surface area contributed by atoms with Crippen molar-refractivity contribution in [2.75, 3.05) is 44.3 Å². The van der Waals surface area contributed by atoms with E-state index in [0.29, 0.717) is 22.3 Å². The molecule has 0 atom stereocenters. The predicted molar refractivity (Wildman–Crippen MR) is 135 cm³/mol. The number of amides is 1. The first-order valence-electron chi connectivity index (χ1n) is 10.3. The third kappa shape index (κ3) is 4.75. The number of carbonyl (C=O) groups excluding carboxylic acids is 1. The van der Waals surface area contributed by atoms with Crippen LogP contribution in [-0.2, 0) is 4.74 Å². The first kappa shape index (κ1) is 23.0. The second-order valence-corrected chi connectivity index (χ2v) is 8.99. The summed E-state index contributed by atoms with van der Waals surface area (Å²) >= 11 is 7.67. The van der Waals surface area contributed by atoms with E-state index in [2.05, 4.69) is 4.90 Å². The van der Waals surface area contributed by atoms with Gasteiger partial charge in [-0.2, -0.15) is 0 Å². The van der Waals surface area contributed by atoms with Crippen molar-refractivity contribution >= 4 is 67.4 Å². The number of carbonyl (C=O) groups is 1. The molecular formula is C24H23Cl2N3O2S. The molecule has 1 saturated heterocycles. The van der Waals surface area contributed by atoms with Gasteiger partial charge in [0.05, 0.1) is 23.4 Å². The minimum Gasteiger partial charge on any atom is -0.379 e. The van der Waals surface area contributed by atoms with E-state index in [9.17, 15) is 4.79 Å². The van der Waals surface area contributed by atoms with Gasteiger partial charge in [0.15, 0.2) is 5.13 Å². The smallest absolute Gasteiger partial charge is 0.260 e. The summed E-state index contributed by atoms with van der Waals surface area (Å²) in [5.74, 6) is -0.0322. The maximum absolute atomic E-state index is 13.8. The lowest BCUT2D eigenvalue weighted by Crippen LogP contribution is -2.43. The van der Waals surface area contributed by atoms with Crippen molar-refractivity contribution < 1.29 is 9.53 Å². The van der Waals surface area contributed by atoms with Gasteiger partial charge in [-0.05, 0) is 35.0 Å². The molecule has 0 saturated carbocycles. The summed E-state index contributed by atoms with van der Waals surface area (Å²) in [4.78, 5) is 22.7. The number of nitrogens with zero attached hydrogens (tertiary/aromatic N) is 3. The first-order valence-corrected chi connectivity index (χ1v) is 11.5. The summed E-state index contributed by atoms with van der Waals surface area (Å²) in [5.41, 5.74) is 1.55. The maximum Gasteiger partial charge on any atom is 0.260 e. The molecule has 0 aliphatic carbocycles. The molecule has 3 aromatic carbocycles. The van der Waals surface area contributed by atoms with Gasteiger partial charge in [-0.25, -0.2) is 4.98 Å². The number of halogens is 2. The number of hydrogen-bond acceptors (Lipinski definition) is 5. The number of hydrogen-bond donors (Lipinski definition) is 0. The van der Waals surface area contributed by atoms with E-state index in [1.807, 2.05) is 65.6 Å². The summed E-state index contributed by atoms with van der Waals surface area (Å²) in [7, 11) is 0. The van der Waals surface area contributed by atoms with Crippen LogP contribution in [0.3, 0.4) is 0 Å². The monoisotopic (exact) mass is 487 g/mol. The number of anilines is 1. The van der Waals surface area contributed by atoms with Gasteiger partial charge in [-0.3, -0.25) is 14.6 Å². The molecule has 4 aromatic rings. The number of ether oxygens (including phenoxy) is 1. The van der Waals surface area contributed by atoms with E-state index in [1.54, 1.807) is 0 Å². The number of rotatable bonds is 5. The fourth-order valence-corrected chi connectivity index (χ4v) is 5.18. The molecule has 1 fully saturated rings. The lowest BCUT2D eigenvalue weighted by atomic mass is 10.0. The van der Waals surface area contributed by atoms with Crippen molar-refractivity contribution in [2.45, 2.75) is 0 Å². The van der Waals surface area contributed by atoms with Crippen molar-refractivity contribution in [2.24, 2.45) is 0 Å². The van der Waals surface area contributed by atoms with Crippen LogP contribution >= 0.6 is 35.3 Å². The molecule has 32 heavy (non-hydrogen) atoms. The summed E-state index contributed by atoms with van der Waals surface area (Å²) in [5, 5.41) is 3.37.